The highest BCUT2D eigenvalue weighted by molar-refractivity contribution is 6.51. The molecule has 168 valence electrons. The van der Waals surface area contributed by atoms with Crippen LogP contribution in [0.4, 0.5) is 14.5 Å². The standard InChI is InChI=1S/C25H20F2N2O4/c1-14(2)33-18-6-3-16(4-7-18)23(30)21-22(15-9-11-28-12-10-15)29(25(32)24(21)31)20-13-17(26)5-8-19(20)27/h3-14,22,30H,1-2H3/b23-21+. The number of pyridine rings is 1. The van der Waals surface area contributed by atoms with Crippen LogP contribution in [0.15, 0.2) is 72.6 Å². The molecule has 8 heteroatoms. The van der Waals surface area contributed by atoms with Crippen molar-refractivity contribution >= 4 is 23.1 Å². The minimum Gasteiger partial charge on any atom is -0.507 e. The summed E-state index contributed by atoms with van der Waals surface area (Å²) < 4.78 is 34.2. The molecule has 0 aliphatic carbocycles. The molecule has 3 aromatic rings. The van der Waals surface area contributed by atoms with Gasteiger partial charge in [-0.15, -0.1) is 0 Å². The highest BCUT2D eigenvalue weighted by Crippen LogP contribution is 2.43. The zero-order valence-corrected chi connectivity index (χ0v) is 17.8. The van der Waals surface area contributed by atoms with Crippen LogP contribution in [0.5, 0.6) is 5.75 Å². The van der Waals surface area contributed by atoms with Crippen molar-refractivity contribution in [2.45, 2.75) is 26.0 Å². The molecule has 1 aliphatic heterocycles. The molecule has 2 heterocycles. The van der Waals surface area contributed by atoms with Gasteiger partial charge in [0, 0.05) is 24.0 Å². The highest BCUT2D eigenvalue weighted by atomic mass is 19.1. The minimum atomic E-state index is -1.18. The minimum absolute atomic E-state index is 0.0531. The van der Waals surface area contributed by atoms with Crippen LogP contribution in [-0.2, 0) is 9.59 Å². The lowest BCUT2D eigenvalue weighted by Crippen LogP contribution is -2.30. The van der Waals surface area contributed by atoms with E-state index >= 15 is 0 Å². The van der Waals surface area contributed by atoms with E-state index in [-0.39, 0.29) is 17.2 Å². The van der Waals surface area contributed by atoms with Gasteiger partial charge in [0.15, 0.2) is 0 Å². The van der Waals surface area contributed by atoms with E-state index in [4.69, 9.17) is 4.74 Å². The second kappa shape index (κ2) is 8.82. The van der Waals surface area contributed by atoms with Gasteiger partial charge < -0.3 is 9.84 Å². The Morgan fingerprint density at radius 3 is 2.33 bits per heavy atom. The fourth-order valence-corrected chi connectivity index (χ4v) is 3.73. The summed E-state index contributed by atoms with van der Waals surface area (Å²) in [6, 6.07) is 10.9. The van der Waals surface area contributed by atoms with Gasteiger partial charge in [-0.2, -0.15) is 0 Å². The number of anilines is 1. The molecule has 0 bridgehead atoms. The summed E-state index contributed by atoms with van der Waals surface area (Å²) in [5.74, 6) is -3.63. The molecule has 1 aromatic heterocycles. The number of nitrogens with zero attached hydrogens (tertiary/aromatic N) is 2. The Morgan fingerprint density at radius 2 is 1.70 bits per heavy atom. The third kappa shape index (κ3) is 4.19. The maximum Gasteiger partial charge on any atom is 0.300 e. The molecule has 6 nitrogen and oxygen atoms in total. The molecule has 2 aromatic carbocycles. The van der Waals surface area contributed by atoms with Crippen molar-refractivity contribution in [3.05, 3.63) is 95.3 Å². The van der Waals surface area contributed by atoms with E-state index < -0.39 is 40.8 Å². The number of carbonyl (C=O) groups excluding carboxylic acids is 2. The van der Waals surface area contributed by atoms with E-state index in [1.54, 1.807) is 24.3 Å². The predicted octanol–water partition coefficient (Wildman–Crippen LogP) is 4.77. The van der Waals surface area contributed by atoms with Crippen LogP contribution in [0.1, 0.15) is 31.0 Å². The van der Waals surface area contributed by atoms with Crippen LogP contribution in [0.3, 0.4) is 0 Å². The summed E-state index contributed by atoms with van der Waals surface area (Å²) in [7, 11) is 0. The Morgan fingerprint density at radius 1 is 1.03 bits per heavy atom. The van der Waals surface area contributed by atoms with Crippen LogP contribution in [0.25, 0.3) is 5.76 Å². The first kappa shape index (κ1) is 22.1. The van der Waals surface area contributed by atoms with Crippen molar-refractivity contribution in [3.63, 3.8) is 0 Å². The molecule has 1 fully saturated rings. The fourth-order valence-electron chi connectivity index (χ4n) is 3.73. The number of carbonyl (C=O) groups is 2. The predicted molar refractivity (Wildman–Crippen MR) is 118 cm³/mol. The van der Waals surface area contributed by atoms with Crippen molar-refractivity contribution in [2.75, 3.05) is 4.90 Å². The second-order valence-corrected chi connectivity index (χ2v) is 7.74. The number of ether oxygens (including phenoxy) is 1. The molecular weight excluding hydrogens is 430 g/mol. The van der Waals surface area contributed by atoms with Gasteiger partial charge in [0.05, 0.1) is 23.4 Å². The van der Waals surface area contributed by atoms with Crippen molar-refractivity contribution < 1.29 is 28.2 Å². The Labute approximate surface area is 188 Å². The Kier molecular flexibility index (Phi) is 5.91. The average Bonchev–Trinajstić information content (AvgIpc) is 3.06. The summed E-state index contributed by atoms with van der Waals surface area (Å²) in [5, 5.41) is 11.1. The summed E-state index contributed by atoms with van der Waals surface area (Å²) in [6.07, 6.45) is 2.83. The SMILES string of the molecule is CC(C)Oc1ccc(/C(O)=C2\C(=O)C(=O)N(c3cc(F)ccc3F)C2c2ccncc2)cc1. The number of amides is 1. The van der Waals surface area contributed by atoms with Crippen LogP contribution < -0.4 is 9.64 Å². The summed E-state index contributed by atoms with van der Waals surface area (Å²) in [4.78, 5) is 30.8. The number of aliphatic hydroxyl groups is 1. The number of Topliss-reactive ketones (excluding diaryl/α,β-unsaturated/α-hetero) is 1. The smallest absolute Gasteiger partial charge is 0.300 e. The van der Waals surface area contributed by atoms with Gasteiger partial charge in [-0.3, -0.25) is 19.5 Å². The summed E-state index contributed by atoms with van der Waals surface area (Å²) in [6.45, 7) is 3.74. The fraction of sp³-hybridized carbons (Fsp3) is 0.160. The number of benzene rings is 2. The Hall–Kier alpha value is -4.07. The van der Waals surface area contributed by atoms with E-state index in [1.165, 1.54) is 24.5 Å². The lowest BCUT2D eigenvalue weighted by Gasteiger charge is -2.25. The lowest BCUT2D eigenvalue weighted by molar-refractivity contribution is -0.132. The summed E-state index contributed by atoms with van der Waals surface area (Å²) >= 11 is 0. The third-order valence-corrected chi connectivity index (χ3v) is 5.13. The van der Waals surface area contributed by atoms with Crippen LogP contribution in [0.2, 0.25) is 0 Å². The van der Waals surface area contributed by atoms with E-state index in [0.717, 1.165) is 23.1 Å². The van der Waals surface area contributed by atoms with Crippen LogP contribution >= 0.6 is 0 Å². The van der Waals surface area contributed by atoms with Crippen molar-refractivity contribution in [2.24, 2.45) is 0 Å². The molecular formula is C25H20F2N2O4. The van der Waals surface area contributed by atoms with Crippen LogP contribution in [-0.4, -0.2) is 27.9 Å². The first-order chi connectivity index (χ1) is 15.8. The molecule has 0 saturated carbocycles. The zero-order chi connectivity index (χ0) is 23.7. The van der Waals surface area contributed by atoms with Gasteiger partial charge in [0.1, 0.15) is 23.1 Å². The topological polar surface area (TPSA) is 79.7 Å². The molecule has 1 aliphatic rings. The maximum atomic E-state index is 14.6. The average molecular weight is 450 g/mol. The lowest BCUT2D eigenvalue weighted by atomic mass is 9.95. The van der Waals surface area contributed by atoms with Crippen molar-refractivity contribution in [1.82, 2.24) is 4.98 Å². The zero-order valence-electron chi connectivity index (χ0n) is 17.8. The van der Waals surface area contributed by atoms with Gasteiger partial charge in [0.2, 0.25) is 0 Å². The Balaban J connectivity index is 1.88. The number of rotatable bonds is 5. The number of aliphatic hydroxyl groups excluding tert-OH is 1. The van der Waals surface area contributed by atoms with Gasteiger partial charge >= 0.3 is 0 Å². The molecule has 1 N–H and O–H groups in total. The number of halogens is 2. The molecule has 0 spiro atoms. The summed E-state index contributed by atoms with van der Waals surface area (Å²) in [5.41, 5.74) is 0.0167. The number of ketones is 1. The van der Waals surface area contributed by atoms with Gasteiger partial charge in [-0.05, 0) is 67.9 Å². The largest absolute Gasteiger partial charge is 0.507 e. The van der Waals surface area contributed by atoms with E-state index in [9.17, 15) is 23.5 Å². The number of aromatic nitrogens is 1. The molecule has 1 amide bonds. The van der Waals surface area contributed by atoms with Crippen molar-refractivity contribution in [3.8, 4) is 5.75 Å². The number of hydrogen-bond acceptors (Lipinski definition) is 5. The molecule has 1 saturated heterocycles. The van der Waals surface area contributed by atoms with Gasteiger partial charge in [-0.25, -0.2) is 8.78 Å². The Bertz CT molecular complexity index is 1240. The normalized spacial score (nSPS) is 17.6. The first-order valence-corrected chi connectivity index (χ1v) is 10.2. The van der Waals surface area contributed by atoms with Crippen LogP contribution in [0, 0.1) is 11.6 Å². The van der Waals surface area contributed by atoms with E-state index in [0.29, 0.717) is 11.3 Å². The monoisotopic (exact) mass is 450 g/mol. The van der Waals surface area contributed by atoms with Gasteiger partial charge in [0.25, 0.3) is 11.7 Å². The van der Waals surface area contributed by atoms with E-state index in [1.807, 2.05) is 13.8 Å². The van der Waals surface area contributed by atoms with Gasteiger partial charge in [-0.1, -0.05) is 0 Å². The van der Waals surface area contributed by atoms with E-state index in [2.05, 4.69) is 4.98 Å². The molecule has 4 rings (SSSR count). The third-order valence-electron chi connectivity index (χ3n) is 5.13. The molecule has 33 heavy (non-hydrogen) atoms. The first-order valence-electron chi connectivity index (χ1n) is 10.2. The highest BCUT2D eigenvalue weighted by Gasteiger charge is 2.47. The quantitative estimate of drug-likeness (QED) is 0.344. The maximum absolute atomic E-state index is 14.6. The molecule has 1 atom stereocenters. The molecule has 0 radical (unpaired) electrons. The second-order valence-electron chi connectivity index (χ2n) is 7.74. The van der Waals surface area contributed by atoms with Crippen molar-refractivity contribution in [1.29, 1.82) is 0 Å². The number of hydrogen-bond donors (Lipinski definition) is 1. The molecule has 1 unspecified atom stereocenters.